The minimum Gasteiger partial charge on any atom is -0.432 e. The van der Waals surface area contributed by atoms with Gasteiger partial charge in [-0.05, 0) is 30.5 Å². The van der Waals surface area contributed by atoms with Crippen molar-refractivity contribution in [3.8, 4) is 11.6 Å². The first kappa shape index (κ1) is 14.9. The van der Waals surface area contributed by atoms with Gasteiger partial charge in [-0.25, -0.2) is 4.98 Å². The number of benzene rings is 1. The largest absolute Gasteiger partial charge is 0.432 e. The SMILES string of the molecule is CCc1ccc(Oc2ccc(C(C)N)cn2)c([N+](=O)[O-])c1. The Morgan fingerprint density at radius 2 is 2.14 bits per heavy atom. The number of aryl methyl sites for hydroxylation is 1. The molecule has 110 valence electrons. The second-order valence-corrected chi connectivity index (χ2v) is 4.73. The minimum atomic E-state index is -0.454. The lowest BCUT2D eigenvalue weighted by Gasteiger charge is -2.08. The van der Waals surface area contributed by atoms with Gasteiger partial charge in [0.15, 0.2) is 0 Å². The van der Waals surface area contributed by atoms with E-state index in [4.69, 9.17) is 10.5 Å². The van der Waals surface area contributed by atoms with E-state index >= 15 is 0 Å². The van der Waals surface area contributed by atoms with Gasteiger partial charge >= 0.3 is 5.69 Å². The molecule has 1 aromatic heterocycles. The molecular formula is C15H17N3O3. The summed E-state index contributed by atoms with van der Waals surface area (Å²) in [5, 5.41) is 11.1. The lowest BCUT2D eigenvalue weighted by atomic mass is 10.1. The predicted octanol–water partition coefficient (Wildman–Crippen LogP) is 3.36. The Bertz CT molecular complexity index is 639. The molecule has 0 bridgehead atoms. The molecule has 0 amide bonds. The van der Waals surface area contributed by atoms with Crippen molar-refractivity contribution in [2.75, 3.05) is 0 Å². The molecule has 1 unspecified atom stereocenters. The van der Waals surface area contributed by atoms with Gasteiger partial charge in [0.2, 0.25) is 11.6 Å². The van der Waals surface area contributed by atoms with Gasteiger partial charge in [0.1, 0.15) is 0 Å². The Hall–Kier alpha value is -2.47. The lowest BCUT2D eigenvalue weighted by Crippen LogP contribution is -2.05. The van der Waals surface area contributed by atoms with Crippen LogP contribution in [0.5, 0.6) is 11.6 Å². The highest BCUT2D eigenvalue weighted by molar-refractivity contribution is 5.50. The maximum absolute atomic E-state index is 11.1. The molecule has 0 aliphatic heterocycles. The maximum atomic E-state index is 11.1. The van der Waals surface area contributed by atoms with Gasteiger partial charge in [0.25, 0.3) is 0 Å². The number of nitrogens with two attached hydrogens (primary N) is 1. The van der Waals surface area contributed by atoms with E-state index in [1.807, 2.05) is 13.8 Å². The molecule has 6 heteroatoms. The van der Waals surface area contributed by atoms with Crippen LogP contribution in [0.15, 0.2) is 36.5 Å². The number of aromatic nitrogens is 1. The summed E-state index contributed by atoms with van der Waals surface area (Å²) in [4.78, 5) is 14.8. The summed E-state index contributed by atoms with van der Waals surface area (Å²) in [5.74, 6) is 0.477. The van der Waals surface area contributed by atoms with Crippen LogP contribution < -0.4 is 10.5 Å². The number of ether oxygens (including phenoxy) is 1. The van der Waals surface area contributed by atoms with Gasteiger partial charge < -0.3 is 10.5 Å². The molecule has 0 saturated heterocycles. The zero-order valence-electron chi connectivity index (χ0n) is 11.9. The van der Waals surface area contributed by atoms with Crippen molar-refractivity contribution in [2.24, 2.45) is 5.73 Å². The Balaban J connectivity index is 2.28. The van der Waals surface area contributed by atoms with Crippen LogP contribution in [-0.4, -0.2) is 9.91 Å². The van der Waals surface area contributed by atoms with Crippen molar-refractivity contribution < 1.29 is 9.66 Å². The zero-order chi connectivity index (χ0) is 15.4. The van der Waals surface area contributed by atoms with Gasteiger partial charge in [-0.2, -0.15) is 0 Å². The summed E-state index contributed by atoms with van der Waals surface area (Å²) in [5.41, 5.74) is 7.44. The van der Waals surface area contributed by atoms with Crippen LogP contribution in [0.2, 0.25) is 0 Å². The van der Waals surface area contributed by atoms with Gasteiger partial charge in [0, 0.05) is 24.4 Å². The fourth-order valence-corrected chi connectivity index (χ4v) is 1.85. The molecular weight excluding hydrogens is 270 g/mol. The maximum Gasteiger partial charge on any atom is 0.311 e. The summed E-state index contributed by atoms with van der Waals surface area (Å²) < 4.78 is 5.51. The molecule has 6 nitrogen and oxygen atoms in total. The first-order valence-corrected chi connectivity index (χ1v) is 6.68. The first-order chi connectivity index (χ1) is 10.0. The smallest absolute Gasteiger partial charge is 0.311 e. The van der Waals surface area contributed by atoms with Crippen molar-refractivity contribution >= 4 is 5.69 Å². The number of hydrogen-bond donors (Lipinski definition) is 1. The molecule has 1 atom stereocenters. The molecule has 1 aromatic carbocycles. The topological polar surface area (TPSA) is 91.3 Å². The van der Waals surface area contributed by atoms with Crippen molar-refractivity contribution in [3.05, 3.63) is 57.8 Å². The highest BCUT2D eigenvalue weighted by Crippen LogP contribution is 2.31. The molecule has 0 aliphatic carbocycles. The Morgan fingerprint density at radius 3 is 2.67 bits per heavy atom. The van der Waals surface area contributed by atoms with Crippen molar-refractivity contribution in [2.45, 2.75) is 26.3 Å². The van der Waals surface area contributed by atoms with E-state index in [1.54, 1.807) is 30.5 Å². The van der Waals surface area contributed by atoms with Crippen molar-refractivity contribution in [3.63, 3.8) is 0 Å². The summed E-state index contributed by atoms with van der Waals surface area (Å²) in [6, 6.07) is 8.24. The van der Waals surface area contributed by atoms with Crippen LogP contribution in [-0.2, 0) is 6.42 Å². The van der Waals surface area contributed by atoms with Gasteiger partial charge in [0.05, 0.1) is 4.92 Å². The highest BCUT2D eigenvalue weighted by Gasteiger charge is 2.17. The first-order valence-electron chi connectivity index (χ1n) is 6.68. The number of nitrogens with zero attached hydrogens (tertiary/aromatic N) is 2. The molecule has 0 saturated carbocycles. The van der Waals surface area contributed by atoms with Crippen molar-refractivity contribution in [1.29, 1.82) is 0 Å². The fraction of sp³-hybridized carbons (Fsp3) is 0.267. The van der Waals surface area contributed by atoms with Gasteiger partial charge in [-0.1, -0.05) is 19.1 Å². The van der Waals surface area contributed by atoms with Crippen LogP contribution in [0, 0.1) is 10.1 Å². The van der Waals surface area contributed by atoms with E-state index in [9.17, 15) is 10.1 Å². The van der Waals surface area contributed by atoms with E-state index in [1.165, 1.54) is 6.07 Å². The summed E-state index contributed by atoms with van der Waals surface area (Å²) in [6.45, 7) is 3.79. The molecule has 2 aromatic rings. The lowest BCUT2D eigenvalue weighted by molar-refractivity contribution is -0.385. The zero-order valence-corrected chi connectivity index (χ0v) is 11.9. The fourth-order valence-electron chi connectivity index (χ4n) is 1.85. The van der Waals surface area contributed by atoms with Crippen LogP contribution in [0.3, 0.4) is 0 Å². The third kappa shape index (κ3) is 3.55. The monoisotopic (exact) mass is 287 g/mol. The molecule has 1 heterocycles. The standard InChI is InChI=1S/C15H17N3O3/c1-3-11-4-6-14(13(8-11)18(19)20)21-15-7-5-12(9-17-15)10(2)16/h4-10H,3,16H2,1-2H3. The van der Waals surface area contributed by atoms with Crippen LogP contribution >= 0.6 is 0 Å². The van der Waals surface area contributed by atoms with E-state index in [0.717, 1.165) is 17.5 Å². The van der Waals surface area contributed by atoms with Crippen LogP contribution in [0.25, 0.3) is 0 Å². The molecule has 21 heavy (non-hydrogen) atoms. The van der Waals surface area contributed by atoms with Gasteiger partial charge in [-0.15, -0.1) is 0 Å². The summed E-state index contributed by atoms with van der Waals surface area (Å²) >= 11 is 0. The van der Waals surface area contributed by atoms with E-state index in [2.05, 4.69) is 4.98 Å². The number of nitro benzene ring substituents is 1. The quantitative estimate of drug-likeness (QED) is 0.672. The average Bonchev–Trinajstić information content (AvgIpc) is 2.48. The molecule has 0 radical (unpaired) electrons. The van der Waals surface area contributed by atoms with Crippen LogP contribution in [0.4, 0.5) is 5.69 Å². The molecule has 2 rings (SSSR count). The molecule has 2 N–H and O–H groups in total. The normalized spacial score (nSPS) is 12.0. The predicted molar refractivity (Wildman–Crippen MR) is 79.4 cm³/mol. The Labute approximate surface area is 122 Å². The molecule has 0 spiro atoms. The molecule has 0 fully saturated rings. The Morgan fingerprint density at radius 1 is 1.38 bits per heavy atom. The third-order valence-corrected chi connectivity index (χ3v) is 3.13. The Kier molecular flexibility index (Phi) is 4.49. The van der Waals surface area contributed by atoms with Gasteiger partial charge in [-0.3, -0.25) is 10.1 Å². The number of pyridine rings is 1. The molecule has 0 aliphatic rings. The average molecular weight is 287 g/mol. The van der Waals surface area contributed by atoms with Crippen LogP contribution in [0.1, 0.15) is 31.0 Å². The van der Waals surface area contributed by atoms with E-state index in [0.29, 0.717) is 5.88 Å². The second-order valence-electron chi connectivity index (χ2n) is 4.73. The number of rotatable bonds is 5. The van der Waals surface area contributed by atoms with E-state index in [-0.39, 0.29) is 17.5 Å². The van der Waals surface area contributed by atoms with E-state index < -0.39 is 4.92 Å². The summed E-state index contributed by atoms with van der Waals surface area (Å²) in [6.07, 6.45) is 2.33. The second kappa shape index (κ2) is 6.32. The number of nitro groups is 1. The highest BCUT2D eigenvalue weighted by atomic mass is 16.6. The summed E-state index contributed by atoms with van der Waals surface area (Å²) in [7, 11) is 0. The minimum absolute atomic E-state index is 0.0626. The van der Waals surface area contributed by atoms with Crippen molar-refractivity contribution in [1.82, 2.24) is 4.98 Å². The number of hydrogen-bond acceptors (Lipinski definition) is 5. The third-order valence-electron chi connectivity index (χ3n) is 3.13.